The highest BCUT2D eigenvalue weighted by Gasteiger charge is 2.29. The van der Waals surface area contributed by atoms with E-state index in [1.54, 1.807) is 0 Å². The van der Waals surface area contributed by atoms with Gasteiger partial charge in [0.25, 0.3) is 0 Å². The molecule has 0 bridgehead atoms. The third kappa shape index (κ3) is 3.64. The van der Waals surface area contributed by atoms with E-state index in [4.69, 9.17) is 4.98 Å². The molecular weight excluding hydrogens is 288 g/mol. The average molecular weight is 312 g/mol. The summed E-state index contributed by atoms with van der Waals surface area (Å²) in [7, 11) is -3.10. The average Bonchev–Trinajstić information content (AvgIpc) is 3.02. The van der Waals surface area contributed by atoms with Gasteiger partial charge in [-0.15, -0.1) is 0 Å². The van der Waals surface area contributed by atoms with E-state index in [2.05, 4.69) is 14.6 Å². The number of aromatic nitrogens is 2. The van der Waals surface area contributed by atoms with Gasteiger partial charge in [-0.1, -0.05) is 0 Å². The smallest absolute Gasteiger partial charge is 0.208 e. The third-order valence-electron chi connectivity index (χ3n) is 4.42. The number of likely N-dealkylation sites (tertiary alicyclic amines) is 1. The Morgan fingerprint density at radius 1 is 1.33 bits per heavy atom. The number of imidazole rings is 1. The zero-order valence-electron chi connectivity index (χ0n) is 12.6. The van der Waals surface area contributed by atoms with Crippen molar-refractivity contribution in [3.05, 3.63) is 17.2 Å². The highest BCUT2D eigenvalue weighted by molar-refractivity contribution is 7.88. The predicted molar refractivity (Wildman–Crippen MR) is 81.6 cm³/mol. The molecular formula is C14H24N4O2S. The minimum Gasteiger partial charge on any atom is -0.344 e. The standard InChI is InChI=1S/C14H24N4O2S/c1-21(19,20)15-8-10-18-9-4-7-13(18)14-16-11-5-2-3-6-12(11)17-14/h13,15H,2-10H2,1H3,(H,16,17)/t13-/m0/s1. The van der Waals surface area contributed by atoms with E-state index in [1.165, 1.54) is 30.5 Å². The molecule has 3 rings (SSSR count). The molecule has 0 amide bonds. The number of hydrogen-bond donors (Lipinski definition) is 2. The molecule has 6 nitrogen and oxygen atoms in total. The van der Waals surface area contributed by atoms with Crippen molar-refractivity contribution in [2.24, 2.45) is 0 Å². The lowest BCUT2D eigenvalue weighted by Gasteiger charge is -2.22. The Labute approximate surface area is 126 Å². The van der Waals surface area contributed by atoms with Crippen LogP contribution in [0.4, 0.5) is 0 Å². The highest BCUT2D eigenvalue weighted by Crippen LogP contribution is 2.31. The summed E-state index contributed by atoms with van der Waals surface area (Å²) in [5.41, 5.74) is 2.56. The van der Waals surface area contributed by atoms with Gasteiger partial charge >= 0.3 is 0 Å². The van der Waals surface area contributed by atoms with Crippen LogP contribution >= 0.6 is 0 Å². The van der Waals surface area contributed by atoms with Crippen LogP contribution in [0.1, 0.15) is 48.9 Å². The van der Waals surface area contributed by atoms with Gasteiger partial charge in [0.15, 0.2) is 0 Å². The van der Waals surface area contributed by atoms with Crippen LogP contribution in [-0.4, -0.2) is 49.2 Å². The van der Waals surface area contributed by atoms with Crippen molar-refractivity contribution < 1.29 is 8.42 Å². The van der Waals surface area contributed by atoms with Crippen molar-refractivity contribution in [1.29, 1.82) is 0 Å². The molecule has 1 aliphatic carbocycles. The molecule has 118 valence electrons. The maximum Gasteiger partial charge on any atom is 0.208 e. The van der Waals surface area contributed by atoms with Crippen molar-refractivity contribution in [3.63, 3.8) is 0 Å². The number of hydrogen-bond acceptors (Lipinski definition) is 4. The number of sulfonamides is 1. The summed E-state index contributed by atoms with van der Waals surface area (Å²) in [6.07, 6.45) is 8.15. The first-order valence-electron chi connectivity index (χ1n) is 7.79. The van der Waals surface area contributed by atoms with E-state index >= 15 is 0 Å². The normalized spacial score (nSPS) is 23.4. The maximum atomic E-state index is 11.1. The summed E-state index contributed by atoms with van der Waals surface area (Å²) in [6.45, 7) is 2.22. The third-order valence-corrected chi connectivity index (χ3v) is 5.14. The lowest BCUT2D eigenvalue weighted by Crippen LogP contribution is -2.34. The van der Waals surface area contributed by atoms with Crippen molar-refractivity contribution >= 4 is 10.0 Å². The molecule has 1 aliphatic heterocycles. The number of nitrogens with one attached hydrogen (secondary N) is 2. The Morgan fingerprint density at radius 3 is 2.90 bits per heavy atom. The number of fused-ring (bicyclic) bond motifs is 1. The topological polar surface area (TPSA) is 78.1 Å². The fraction of sp³-hybridized carbons (Fsp3) is 0.786. The summed E-state index contributed by atoms with van der Waals surface area (Å²) in [5.74, 6) is 1.08. The minimum atomic E-state index is -3.10. The summed E-state index contributed by atoms with van der Waals surface area (Å²) in [6, 6.07) is 0.317. The molecule has 0 spiro atoms. The van der Waals surface area contributed by atoms with Crippen LogP contribution in [0.2, 0.25) is 0 Å². The van der Waals surface area contributed by atoms with E-state index in [-0.39, 0.29) is 0 Å². The van der Waals surface area contributed by atoms with Gasteiger partial charge in [0, 0.05) is 18.8 Å². The highest BCUT2D eigenvalue weighted by atomic mass is 32.2. The summed E-state index contributed by atoms with van der Waals surface area (Å²) >= 11 is 0. The zero-order chi connectivity index (χ0) is 14.9. The number of rotatable bonds is 5. The molecule has 0 radical (unpaired) electrons. The minimum absolute atomic E-state index is 0.317. The van der Waals surface area contributed by atoms with Gasteiger partial charge in [-0.05, 0) is 45.1 Å². The second-order valence-corrected chi connectivity index (χ2v) is 7.95. The van der Waals surface area contributed by atoms with Crippen LogP contribution in [-0.2, 0) is 22.9 Å². The number of aromatic amines is 1. The van der Waals surface area contributed by atoms with Crippen LogP contribution in [0.5, 0.6) is 0 Å². The molecule has 0 saturated carbocycles. The molecule has 1 fully saturated rings. The van der Waals surface area contributed by atoms with E-state index in [9.17, 15) is 8.42 Å². The van der Waals surface area contributed by atoms with Gasteiger partial charge in [0.2, 0.25) is 10.0 Å². The molecule has 1 saturated heterocycles. The molecule has 7 heteroatoms. The van der Waals surface area contributed by atoms with Crippen LogP contribution < -0.4 is 4.72 Å². The van der Waals surface area contributed by atoms with E-state index in [0.29, 0.717) is 12.6 Å². The second kappa shape index (κ2) is 6.06. The van der Waals surface area contributed by atoms with E-state index < -0.39 is 10.0 Å². The molecule has 2 N–H and O–H groups in total. The zero-order valence-corrected chi connectivity index (χ0v) is 13.4. The van der Waals surface area contributed by atoms with Crippen molar-refractivity contribution in [1.82, 2.24) is 19.6 Å². The van der Waals surface area contributed by atoms with Gasteiger partial charge in [-0.2, -0.15) is 0 Å². The Balaban J connectivity index is 1.65. The number of nitrogens with zero attached hydrogens (tertiary/aromatic N) is 2. The molecule has 2 heterocycles. The number of H-pyrrole nitrogens is 1. The van der Waals surface area contributed by atoms with Gasteiger partial charge in [0.1, 0.15) is 5.82 Å². The summed E-state index contributed by atoms with van der Waals surface area (Å²) in [4.78, 5) is 10.7. The van der Waals surface area contributed by atoms with E-state index in [0.717, 1.165) is 44.6 Å². The van der Waals surface area contributed by atoms with Gasteiger partial charge < -0.3 is 4.98 Å². The lowest BCUT2D eigenvalue weighted by molar-refractivity contribution is 0.254. The van der Waals surface area contributed by atoms with Crippen molar-refractivity contribution in [3.8, 4) is 0 Å². The predicted octanol–water partition coefficient (Wildman–Crippen LogP) is 0.975. The molecule has 1 aromatic heterocycles. The second-order valence-electron chi connectivity index (χ2n) is 6.11. The van der Waals surface area contributed by atoms with Crippen molar-refractivity contribution in [2.45, 2.75) is 44.6 Å². The lowest BCUT2D eigenvalue weighted by atomic mass is 10.0. The Bertz CT molecular complexity index is 573. The summed E-state index contributed by atoms with van der Waals surface area (Å²) in [5, 5.41) is 0. The SMILES string of the molecule is CS(=O)(=O)NCCN1CCC[C@H]1c1nc2c([nH]1)CCCC2. The molecule has 2 aliphatic rings. The van der Waals surface area contributed by atoms with Gasteiger partial charge in [-0.25, -0.2) is 18.1 Å². The fourth-order valence-electron chi connectivity index (χ4n) is 3.41. The molecule has 1 atom stereocenters. The van der Waals surface area contributed by atoms with Crippen molar-refractivity contribution in [2.75, 3.05) is 25.9 Å². The Morgan fingerprint density at radius 2 is 2.14 bits per heavy atom. The van der Waals surface area contributed by atoms with Crippen LogP contribution in [0.15, 0.2) is 0 Å². The van der Waals surface area contributed by atoms with Gasteiger partial charge in [0.05, 0.1) is 18.0 Å². The molecule has 0 aromatic carbocycles. The monoisotopic (exact) mass is 312 g/mol. The largest absolute Gasteiger partial charge is 0.344 e. The molecule has 0 unspecified atom stereocenters. The number of aryl methyl sites for hydroxylation is 2. The first-order chi connectivity index (χ1) is 10.0. The van der Waals surface area contributed by atoms with Crippen LogP contribution in [0.3, 0.4) is 0 Å². The van der Waals surface area contributed by atoms with Crippen LogP contribution in [0.25, 0.3) is 0 Å². The molecule has 21 heavy (non-hydrogen) atoms. The van der Waals surface area contributed by atoms with Gasteiger partial charge in [-0.3, -0.25) is 4.90 Å². The van der Waals surface area contributed by atoms with E-state index in [1.807, 2.05) is 0 Å². The fourth-order valence-corrected chi connectivity index (χ4v) is 3.87. The Kier molecular flexibility index (Phi) is 4.33. The van der Waals surface area contributed by atoms with Crippen LogP contribution in [0, 0.1) is 0 Å². The first kappa shape index (κ1) is 15.0. The Hall–Kier alpha value is -0.920. The maximum absolute atomic E-state index is 11.1. The first-order valence-corrected chi connectivity index (χ1v) is 9.68. The quantitative estimate of drug-likeness (QED) is 0.849. The summed E-state index contributed by atoms with van der Waals surface area (Å²) < 4.78 is 24.9. The molecule has 1 aromatic rings.